The van der Waals surface area contributed by atoms with Crippen LogP contribution in [0.25, 0.3) is 6.08 Å². The number of imide groups is 1. The van der Waals surface area contributed by atoms with Gasteiger partial charge in [0.15, 0.2) is 0 Å². The monoisotopic (exact) mass is 367 g/mol. The number of thioether (sulfide) groups is 1. The highest BCUT2D eigenvalue weighted by Gasteiger charge is 2.24. The van der Waals surface area contributed by atoms with Crippen molar-refractivity contribution in [3.8, 4) is 0 Å². The summed E-state index contributed by atoms with van der Waals surface area (Å²) in [7, 11) is 0. The van der Waals surface area contributed by atoms with Crippen LogP contribution in [-0.4, -0.2) is 17.7 Å². The largest absolute Gasteiger partial charge is 0.397 e. The molecule has 26 heavy (non-hydrogen) atoms. The summed E-state index contributed by atoms with van der Waals surface area (Å²) >= 11 is 0.911. The van der Waals surface area contributed by atoms with Crippen LogP contribution in [0.15, 0.2) is 53.4 Å². The highest BCUT2D eigenvalue weighted by atomic mass is 32.2. The molecule has 2 amide bonds. The number of hydrogen-bond donors (Lipinski definition) is 3. The first-order valence-corrected chi connectivity index (χ1v) is 9.35. The Balaban J connectivity index is 1.54. The third kappa shape index (κ3) is 4.89. The smallest absolute Gasteiger partial charge is 0.290 e. The minimum absolute atomic E-state index is 0.339. The van der Waals surface area contributed by atoms with Gasteiger partial charge in [0.25, 0.3) is 11.1 Å². The van der Waals surface area contributed by atoms with E-state index in [1.807, 2.05) is 18.2 Å². The van der Waals surface area contributed by atoms with Gasteiger partial charge in [-0.15, -0.1) is 0 Å². The summed E-state index contributed by atoms with van der Waals surface area (Å²) in [6, 6.07) is 16.0. The average molecular weight is 367 g/mol. The van der Waals surface area contributed by atoms with Crippen molar-refractivity contribution in [1.82, 2.24) is 5.32 Å². The van der Waals surface area contributed by atoms with Gasteiger partial charge in [-0.05, 0) is 60.4 Å². The zero-order valence-electron chi connectivity index (χ0n) is 14.3. The number of anilines is 2. The fraction of sp³-hybridized carbons (Fsp3) is 0.200. The van der Waals surface area contributed by atoms with Crippen LogP contribution in [-0.2, 0) is 11.2 Å². The van der Waals surface area contributed by atoms with Gasteiger partial charge in [-0.1, -0.05) is 36.4 Å². The maximum atomic E-state index is 11.6. The van der Waals surface area contributed by atoms with Crippen LogP contribution >= 0.6 is 11.8 Å². The lowest BCUT2D eigenvalue weighted by molar-refractivity contribution is -0.115. The first-order chi connectivity index (χ1) is 12.6. The zero-order chi connectivity index (χ0) is 18.4. The first-order valence-electron chi connectivity index (χ1n) is 8.54. The number of nitrogens with one attached hydrogen (secondary N) is 2. The Morgan fingerprint density at radius 2 is 1.88 bits per heavy atom. The van der Waals surface area contributed by atoms with E-state index < -0.39 is 0 Å². The second-order valence-corrected chi connectivity index (χ2v) is 7.08. The molecule has 0 aromatic heterocycles. The molecule has 0 spiro atoms. The lowest BCUT2D eigenvalue weighted by Gasteiger charge is -2.10. The Kier molecular flexibility index (Phi) is 5.96. The topological polar surface area (TPSA) is 84.2 Å². The maximum absolute atomic E-state index is 11.6. The van der Waals surface area contributed by atoms with Crippen LogP contribution < -0.4 is 16.4 Å². The molecule has 6 heteroatoms. The van der Waals surface area contributed by atoms with E-state index in [0.717, 1.165) is 48.8 Å². The third-order valence-corrected chi connectivity index (χ3v) is 4.88. The molecule has 0 atom stereocenters. The number of carbonyl (C=O) groups is 2. The quantitative estimate of drug-likeness (QED) is 0.391. The fourth-order valence-corrected chi connectivity index (χ4v) is 3.39. The second-order valence-electron chi connectivity index (χ2n) is 6.07. The average Bonchev–Trinajstić information content (AvgIpc) is 2.95. The normalized spacial score (nSPS) is 15.3. The summed E-state index contributed by atoms with van der Waals surface area (Å²) in [6.07, 6.45) is 4.89. The van der Waals surface area contributed by atoms with E-state index >= 15 is 0 Å². The van der Waals surface area contributed by atoms with Gasteiger partial charge in [0.05, 0.1) is 16.3 Å². The van der Waals surface area contributed by atoms with Crippen LogP contribution in [0.2, 0.25) is 0 Å². The standard InChI is InChI=1S/C20H21N3O2S/c21-16-10-9-15(13-18-19(24)23-20(25)26-18)12-17(16)22-11-5-4-8-14-6-2-1-3-7-14/h1-3,6-7,9-10,12-13,22H,4-5,8,11,21H2,(H,23,24,25). The number of carbonyl (C=O) groups excluding carboxylic acids is 2. The molecule has 134 valence electrons. The van der Waals surface area contributed by atoms with Gasteiger partial charge in [0.1, 0.15) is 0 Å². The van der Waals surface area contributed by atoms with E-state index in [-0.39, 0.29) is 11.1 Å². The zero-order valence-corrected chi connectivity index (χ0v) is 15.1. The Bertz CT molecular complexity index is 834. The number of hydrogen-bond acceptors (Lipinski definition) is 5. The van der Waals surface area contributed by atoms with Gasteiger partial charge < -0.3 is 11.1 Å². The van der Waals surface area contributed by atoms with E-state index in [1.54, 1.807) is 12.1 Å². The van der Waals surface area contributed by atoms with Gasteiger partial charge in [0.2, 0.25) is 0 Å². The number of nitrogens with two attached hydrogens (primary N) is 1. The number of nitrogen functional groups attached to an aromatic ring is 1. The molecule has 0 bridgehead atoms. The van der Waals surface area contributed by atoms with Crippen LogP contribution in [0.4, 0.5) is 16.2 Å². The highest BCUT2D eigenvalue weighted by molar-refractivity contribution is 8.18. The molecule has 1 saturated heterocycles. The van der Waals surface area contributed by atoms with Crippen molar-refractivity contribution < 1.29 is 9.59 Å². The summed E-state index contributed by atoms with van der Waals surface area (Å²) in [6.45, 7) is 0.824. The predicted octanol–water partition coefficient (Wildman–Crippen LogP) is 4.03. The van der Waals surface area contributed by atoms with E-state index in [0.29, 0.717) is 10.6 Å². The number of aryl methyl sites for hydroxylation is 1. The van der Waals surface area contributed by atoms with Crippen molar-refractivity contribution in [2.75, 3.05) is 17.6 Å². The lowest BCUT2D eigenvalue weighted by atomic mass is 10.1. The van der Waals surface area contributed by atoms with E-state index in [2.05, 4.69) is 34.9 Å². The van der Waals surface area contributed by atoms with Crippen molar-refractivity contribution in [2.45, 2.75) is 19.3 Å². The molecular formula is C20H21N3O2S. The summed E-state index contributed by atoms with van der Waals surface area (Å²) in [5, 5.41) is 5.27. The van der Waals surface area contributed by atoms with Crippen LogP contribution in [0.5, 0.6) is 0 Å². The Morgan fingerprint density at radius 3 is 2.62 bits per heavy atom. The number of unbranched alkanes of at least 4 members (excludes halogenated alkanes) is 1. The van der Waals surface area contributed by atoms with E-state index in [9.17, 15) is 9.59 Å². The van der Waals surface area contributed by atoms with Gasteiger partial charge in [-0.3, -0.25) is 14.9 Å². The SMILES string of the molecule is Nc1ccc(C=C2SC(=O)NC2=O)cc1NCCCCc1ccccc1. The molecule has 0 saturated carbocycles. The molecular weight excluding hydrogens is 346 g/mol. The summed E-state index contributed by atoms with van der Waals surface area (Å²) in [4.78, 5) is 23.3. The van der Waals surface area contributed by atoms with Crippen molar-refractivity contribution in [1.29, 1.82) is 0 Å². The molecule has 2 aromatic rings. The van der Waals surface area contributed by atoms with Gasteiger partial charge in [-0.25, -0.2) is 0 Å². The summed E-state index contributed by atoms with van der Waals surface area (Å²) < 4.78 is 0. The third-order valence-electron chi connectivity index (χ3n) is 4.07. The summed E-state index contributed by atoms with van der Waals surface area (Å²) in [5.41, 5.74) is 9.72. The van der Waals surface area contributed by atoms with Crippen molar-refractivity contribution in [3.63, 3.8) is 0 Å². The molecule has 3 rings (SSSR count). The molecule has 4 N–H and O–H groups in total. The Hall–Kier alpha value is -2.73. The molecule has 2 aromatic carbocycles. The van der Waals surface area contributed by atoms with Crippen LogP contribution in [0, 0.1) is 0 Å². The van der Waals surface area contributed by atoms with Gasteiger partial charge >= 0.3 is 0 Å². The van der Waals surface area contributed by atoms with E-state index in [1.165, 1.54) is 5.56 Å². The predicted molar refractivity (Wildman–Crippen MR) is 108 cm³/mol. The highest BCUT2D eigenvalue weighted by Crippen LogP contribution is 2.28. The molecule has 1 heterocycles. The van der Waals surface area contributed by atoms with Crippen LogP contribution in [0.3, 0.4) is 0 Å². The molecule has 1 aliphatic rings. The molecule has 0 radical (unpaired) electrons. The minimum atomic E-state index is -0.354. The molecule has 0 unspecified atom stereocenters. The van der Waals surface area contributed by atoms with Crippen molar-refractivity contribution in [3.05, 3.63) is 64.6 Å². The Morgan fingerprint density at radius 1 is 1.08 bits per heavy atom. The minimum Gasteiger partial charge on any atom is -0.397 e. The summed E-state index contributed by atoms with van der Waals surface area (Å²) in [5.74, 6) is -0.354. The second kappa shape index (κ2) is 8.58. The number of amides is 2. The number of benzene rings is 2. The number of rotatable bonds is 7. The van der Waals surface area contributed by atoms with E-state index in [4.69, 9.17) is 5.73 Å². The van der Waals surface area contributed by atoms with Crippen molar-refractivity contribution in [2.24, 2.45) is 0 Å². The molecule has 1 aliphatic heterocycles. The lowest BCUT2D eigenvalue weighted by Crippen LogP contribution is -2.17. The van der Waals surface area contributed by atoms with Gasteiger partial charge in [0, 0.05) is 6.54 Å². The van der Waals surface area contributed by atoms with Crippen LogP contribution in [0.1, 0.15) is 24.0 Å². The molecule has 1 fully saturated rings. The Labute approximate surface area is 157 Å². The fourth-order valence-electron chi connectivity index (χ4n) is 2.71. The van der Waals surface area contributed by atoms with Crippen molar-refractivity contribution >= 4 is 40.4 Å². The maximum Gasteiger partial charge on any atom is 0.290 e. The van der Waals surface area contributed by atoms with Gasteiger partial charge in [-0.2, -0.15) is 0 Å². The first kappa shape index (κ1) is 18.1. The molecule has 5 nitrogen and oxygen atoms in total. The molecule has 0 aliphatic carbocycles.